The van der Waals surface area contributed by atoms with Crippen molar-refractivity contribution in [3.63, 3.8) is 0 Å². The highest BCUT2D eigenvalue weighted by atomic mass is 79.9. The number of aliphatic hydroxyl groups excluding tert-OH is 1. The molecule has 0 aromatic heterocycles. The Balaban J connectivity index is 2.29. The zero-order valence-corrected chi connectivity index (χ0v) is 13.8. The monoisotopic (exact) mass is 332 g/mol. The number of aliphatic hydroxyl groups is 1. The lowest BCUT2D eigenvalue weighted by molar-refractivity contribution is 0.219. The van der Waals surface area contributed by atoms with Crippen molar-refractivity contribution in [3.05, 3.63) is 69.7 Å². The van der Waals surface area contributed by atoms with Crippen LogP contribution in [0.1, 0.15) is 50.0 Å². The standard InChI is InChI=1S/C18H21BrO/c1-4-18(2,3)14-11-9-13(10-12-14)17(20)15-7-5-6-8-16(15)19/h5-12,17,20H,4H2,1-3H3. The molecule has 1 N–H and O–H groups in total. The number of rotatable bonds is 4. The number of benzene rings is 2. The molecule has 2 heteroatoms. The third-order valence-electron chi connectivity index (χ3n) is 4.09. The molecule has 0 bridgehead atoms. The van der Waals surface area contributed by atoms with Crippen LogP contribution >= 0.6 is 15.9 Å². The van der Waals surface area contributed by atoms with Crippen LogP contribution in [0.15, 0.2) is 53.0 Å². The molecule has 0 aliphatic heterocycles. The Morgan fingerprint density at radius 1 is 1.05 bits per heavy atom. The molecule has 2 rings (SSSR count). The van der Waals surface area contributed by atoms with E-state index in [1.165, 1.54) is 5.56 Å². The molecule has 1 unspecified atom stereocenters. The molecule has 0 heterocycles. The van der Waals surface area contributed by atoms with Gasteiger partial charge in [0, 0.05) is 4.47 Å². The van der Waals surface area contributed by atoms with E-state index in [1.807, 2.05) is 36.4 Å². The van der Waals surface area contributed by atoms with Crippen LogP contribution in [0.2, 0.25) is 0 Å². The predicted molar refractivity (Wildman–Crippen MR) is 88.0 cm³/mol. The van der Waals surface area contributed by atoms with Crippen LogP contribution in [-0.2, 0) is 5.41 Å². The molecule has 1 atom stereocenters. The number of hydrogen-bond donors (Lipinski definition) is 1. The molecule has 0 fully saturated rings. The highest BCUT2D eigenvalue weighted by molar-refractivity contribution is 9.10. The highest BCUT2D eigenvalue weighted by Crippen LogP contribution is 2.31. The maximum Gasteiger partial charge on any atom is 0.105 e. The molecule has 0 amide bonds. The first-order chi connectivity index (χ1) is 9.45. The van der Waals surface area contributed by atoms with Gasteiger partial charge >= 0.3 is 0 Å². The van der Waals surface area contributed by atoms with Gasteiger partial charge in [-0.3, -0.25) is 0 Å². The van der Waals surface area contributed by atoms with Gasteiger partial charge in [0.05, 0.1) is 0 Å². The molecule has 0 saturated carbocycles. The number of halogens is 1. The van der Waals surface area contributed by atoms with E-state index in [4.69, 9.17) is 0 Å². The van der Waals surface area contributed by atoms with Crippen molar-refractivity contribution in [2.45, 2.75) is 38.7 Å². The third-order valence-corrected chi connectivity index (χ3v) is 4.81. The van der Waals surface area contributed by atoms with Crippen molar-refractivity contribution in [1.82, 2.24) is 0 Å². The largest absolute Gasteiger partial charge is 0.384 e. The third kappa shape index (κ3) is 3.13. The second-order valence-electron chi connectivity index (χ2n) is 5.78. The molecule has 106 valence electrons. The van der Waals surface area contributed by atoms with Crippen LogP contribution in [0.25, 0.3) is 0 Å². The maximum atomic E-state index is 10.5. The van der Waals surface area contributed by atoms with Gasteiger partial charge in [-0.05, 0) is 34.6 Å². The van der Waals surface area contributed by atoms with Crippen LogP contribution < -0.4 is 0 Å². The summed E-state index contributed by atoms with van der Waals surface area (Å²) in [6, 6.07) is 16.1. The molecule has 1 nitrogen and oxygen atoms in total. The zero-order valence-electron chi connectivity index (χ0n) is 12.2. The summed E-state index contributed by atoms with van der Waals surface area (Å²) in [6.07, 6.45) is 0.503. The molecule has 2 aromatic rings. The van der Waals surface area contributed by atoms with Gasteiger partial charge < -0.3 is 5.11 Å². The Morgan fingerprint density at radius 3 is 2.20 bits per heavy atom. The van der Waals surface area contributed by atoms with Gasteiger partial charge in [-0.15, -0.1) is 0 Å². The lowest BCUT2D eigenvalue weighted by Crippen LogP contribution is -2.15. The Hall–Kier alpha value is -1.12. The Labute approximate surface area is 129 Å². The first-order valence-electron chi connectivity index (χ1n) is 6.98. The minimum Gasteiger partial charge on any atom is -0.384 e. The van der Waals surface area contributed by atoms with Gasteiger partial charge in [-0.2, -0.15) is 0 Å². The molecule has 20 heavy (non-hydrogen) atoms. The van der Waals surface area contributed by atoms with Crippen molar-refractivity contribution in [1.29, 1.82) is 0 Å². The van der Waals surface area contributed by atoms with E-state index in [1.54, 1.807) is 0 Å². The molecule has 2 aromatic carbocycles. The molecule has 0 aliphatic carbocycles. The van der Waals surface area contributed by atoms with Crippen molar-refractivity contribution in [3.8, 4) is 0 Å². The van der Waals surface area contributed by atoms with E-state index in [2.05, 4.69) is 48.8 Å². The minimum absolute atomic E-state index is 0.177. The van der Waals surface area contributed by atoms with Crippen molar-refractivity contribution in [2.75, 3.05) is 0 Å². The van der Waals surface area contributed by atoms with E-state index in [0.717, 1.165) is 22.0 Å². The van der Waals surface area contributed by atoms with Crippen molar-refractivity contribution < 1.29 is 5.11 Å². The van der Waals surface area contributed by atoms with Crippen LogP contribution in [0.5, 0.6) is 0 Å². The zero-order chi connectivity index (χ0) is 14.8. The van der Waals surface area contributed by atoms with Crippen LogP contribution in [0.3, 0.4) is 0 Å². The minimum atomic E-state index is -0.593. The van der Waals surface area contributed by atoms with Gasteiger partial charge in [0.15, 0.2) is 0 Å². The smallest absolute Gasteiger partial charge is 0.105 e. The first kappa shape index (κ1) is 15.3. The summed E-state index contributed by atoms with van der Waals surface area (Å²) >= 11 is 3.49. The molecule has 0 saturated heterocycles. The summed E-state index contributed by atoms with van der Waals surface area (Å²) in [5.74, 6) is 0. The summed E-state index contributed by atoms with van der Waals surface area (Å²) < 4.78 is 0.936. The average molecular weight is 333 g/mol. The fourth-order valence-corrected chi connectivity index (χ4v) is 2.70. The summed E-state index contributed by atoms with van der Waals surface area (Å²) in [6.45, 7) is 6.68. The molecule has 0 radical (unpaired) electrons. The highest BCUT2D eigenvalue weighted by Gasteiger charge is 2.19. The Kier molecular flexibility index (Phi) is 4.66. The average Bonchev–Trinajstić information content (AvgIpc) is 2.47. The second kappa shape index (κ2) is 6.11. The maximum absolute atomic E-state index is 10.5. The molecule has 0 aliphatic rings. The lowest BCUT2D eigenvalue weighted by Gasteiger charge is -2.24. The normalized spacial score (nSPS) is 13.2. The fourth-order valence-electron chi connectivity index (χ4n) is 2.20. The predicted octanol–water partition coefficient (Wildman–Crippen LogP) is 5.22. The molecular weight excluding hydrogens is 312 g/mol. The van der Waals surface area contributed by atoms with Gasteiger partial charge in [0.25, 0.3) is 0 Å². The van der Waals surface area contributed by atoms with E-state index in [9.17, 15) is 5.11 Å². The van der Waals surface area contributed by atoms with E-state index >= 15 is 0 Å². The summed E-state index contributed by atoms with van der Waals surface area (Å²) in [5.41, 5.74) is 3.31. The second-order valence-corrected chi connectivity index (χ2v) is 6.64. The van der Waals surface area contributed by atoms with E-state index < -0.39 is 6.10 Å². The van der Waals surface area contributed by atoms with Gasteiger partial charge in [0.2, 0.25) is 0 Å². The quantitative estimate of drug-likeness (QED) is 0.813. The Morgan fingerprint density at radius 2 is 1.65 bits per heavy atom. The summed E-state index contributed by atoms with van der Waals surface area (Å²) in [5, 5.41) is 10.5. The van der Waals surface area contributed by atoms with E-state index in [0.29, 0.717) is 0 Å². The van der Waals surface area contributed by atoms with Gasteiger partial charge in [-0.1, -0.05) is 79.2 Å². The summed E-state index contributed by atoms with van der Waals surface area (Å²) in [4.78, 5) is 0. The van der Waals surface area contributed by atoms with Crippen LogP contribution in [0.4, 0.5) is 0 Å². The Bertz CT molecular complexity index is 572. The number of hydrogen-bond acceptors (Lipinski definition) is 1. The topological polar surface area (TPSA) is 20.2 Å². The van der Waals surface area contributed by atoms with Crippen LogP contribution in [-0.4, -0.2) is 5.11 Å². The van der Waals surface area contributed by atoms with Crippen molar-refractivity contribution in [2.24, 2.45) is 0 Å². The van der Waals surface area contributed by atoms with Crippen LogP contribution in [0, 0.1) is 0 Å². The van der Waals surface area contributed by atoms with Gasteiger partial charge in [0.1, 0.15) is 6.10 Å². The SMILES string of the molecule is CCC(C)(C)c1ccc(C(O)c2ccccc2Br)cc1. The molecular formula is C18H21BrO. The summed E-state index contributed by atoms with van der Waals surface area (Å²) in [7, 11) is 0. The fraction of sp³-hybridized carbons (Fsp3) is 0.333. The molecule has 0 spiro atoms. The lowest BCUT2D eigenvalue weighted by atomic mass is 9.82. The first-order valence-corrected chi connectivity index (χ1v) is 7.78. The van der Waals surface area contributed by atoms with E-state index in [-0.39, 0.29) is 5.41 Å². The van der Waals surface area contributed by atoms with Gasteiger partial charge in [-0.25, -0.2) is 0 Å². The van der Waals surface area contributed by atoms with Crippen molar-refractivity contribution >= 4 is 15.9 Å².